The lowest BCUT2D eigenvalue weighted by Crippen LogP contribution is -2.48. The van der Waals surface area contributed by atoms with Crippen molar-refractivity contribution in [2.24, 2.45) is 5.73 Å². The van der Waals surface area contributed by atoms with E-state index in [0.29, 0.717) is 12.6 Å². The van der Waals surface area contributed by atoms with E-state index in [1.807, 2.05) is 11.3 Å². The van der Waals surface area contributed by atoms with E-state index in [1.165, 1.54) is 9.75 Å². The normalized spacial score (nSPS) is 26.7. The van der Waals surface area contributed by atoms with E-state index >= 15 is 0 Å². The highest BCUT2D eigenvalue weighted by Crippen LogP contribution is 2.34. The first kappa shape index (κ1) is 16.0. The Morgan fingerprint density at radius 3 is 2.35 bits per heavy atom. The SMILES string of the molecule is C[C@@H]1CN(C(CN)c2ccc(C(C)(C)C)s2)C[C@H](C)O1. The quantitative estimate of drug-likeness (QED) is 0.931. The van der Waals surface area contributed by atoms with E-state index in [0.717, 1.165) is 13.1 Å². The minimum atomic E-state index is 0.216. The highest BCUT2D eigenvalue weighted by Gasteiger charge is 2.29. The number of rotatable bonds is 3. The third-order valence-electron chi connectivity index (χ3n) is 3.81. The first-order chi connectivity index (χ1) is 9.31. The van der Waals surface area contributed by atoms with Gasteiger partial charge in [0.25, 0.3) is 0 Å². The third kappa shape index (κ3) is 3.61. The maximum Gasteiger partial charge on any atom is 0.0678 e. The largest absolute Gasteiger partial charge is 0.373 e. The van der Waals surface area contributed by atoms with Gasteiger partial charge in [0, 0.05) is 29.4 Å². The molecule has 1 aliphatic heterocycles. The number of nitrogens with two attached hydrogens (primary N) is 1. The van der Waals surface area contributed by atoms with E-state index in [4.69, 9.17) is 10.5 Å². The molecular formula is C16H28N2OS. The van der Waals surface area contributed by atoms with Crippen molar-refractivity contribution in [1.29, 1.82) is 0 Å². The van der Waals surface area contributed by atoms with E-state index in [9.17, 15) is 0 Å². The van der Waals surface area contributed by atoms with Crippen molar-refractivity contribution in [3.8, 4) is 0 Å². The van der Waals surface area contributed by atoms with Gasteiger partial charge in [-0.05, 0) is 31.4 Å². The van der Waals surface area contributed by atoms with Gasteiger partial charge in [0.1, 0.15) is 0 Å². The summed E-state index contributed by atoms with van der Waals surface area (Å²) in [5.74, 6) is 0. The molecule has 3 atom stereocenters. The molecule has 1 fully saturated rings. The summed E-state index contributed by atoms with van der Waals surface area (Å²) in [6, 6.07) is 4.84. The van der Waals surface area contributed by atoms with Gasteiger partial charge in [0.2, 0.25) is 0 Å². The Labute approximate surface area is 127 Å². The van der Waals surface area contributed by atoms with Crippen LogP contribution in [0.3, 0.4) is 0 Å². The maximum absolute atomic E-state index is 6.07. The van der Waals surface area contributed by atoms with Crippen LogP contribution in [0.15, 0.2) is 12.1 Å². The molecule has 20 heavy (non-hydrogen) atoms. The summed E-state index contributed by atoms with van der Waals surface area (Å²) in [7, 11) is 0. The number of morpholine rings is 1. The molecule has 0 aromatic carbocycles. The van der Waals surface area contributed by atoms with Crippen molar-refractivity contribution in [3.63, 3.8) is 0 Å². The molecule has 2 N–H and O–H groups in total. The zero-order chi connectivity index (χ0) is 14.9. The Morgan fingerprint density at radius 1 is 1.30 bits per heavy atom. The standard InChI is InChI=1S/C16H28N2OS/c1-11-9-18(10-12(2)19-11)13(8-17)14-6-7-15(20-14)16(3,4)5/h6-7,11-13H,8-10,17H2,1-5H3/t11-,12+,13?. The van der Waals surface area contributed by atoms with Crippen molar-refractivity contribution >= 4 is 11.3 Å². The van der Waals surface area contributed by atoms with Crippen LogP contribution in [-0.4, -0.2) is 36.7 Å². The minimum absolute atomic E-state index is 0.216. The molecule has 114 valence electrons. The van der Waals surface area contributed by atoms with Crippen LogP contribution in [-0.2, 0) is 10.2 Å². The van der Waals surface area contributed by atoms with Gasteiger partial charge in [-0.1, -0.05) is 20.8 Å². The second-order valence-electron chi connectivity index (χ2n) is 6.91. The average Bonchev–Trinajstić information content (AvgIpc) is 2.77. The number of nitrogens with zero attached hydrogens (tertiary/aromatic N) is 1. The number of hydrogen-bond acceptors (Lipinski definition) is 4. The first-order valence-electron chi connectivity index (χ1n) is 7.51. The lowest BCUT2D eigenvalue weighted by Gasteiger charge is -2.39. The van der Waals surface area contributed by atoms with E-state index < -0.39 is 0 Å². The molecule has 1 unspecified atom stereocenters. The van der Waals surface area contributed by atoms with Gasteiger partial charge in [0.15, 0.2) is 0 Å². The monoisotopic (exact) mass is 296 g/mol. The topological polar surface area (TPSA) is 38.5 Å². The van der Waals surface area contributed by atoms with Crippen LogP contribution >= 0.6 is 11.3 Å². The molecule has 3 nitrogen and oxygen atoms in total. The zero-order valence-electron chi connectivity index (χ0n) is 13.3. The van der Waals surface area contributed by atoms with Crippen molar-refractivity contribution in [2.45, 2.75) is 58.3 Å². The predicted octanol–water partition coefficient (Wildman–Crippen LogP) is 3.15. The number of ether oxygens (including phenoxy) is 1. The molecule has 0 radical (unpaired) electrons. The summed E-state index contributed by atoms with van der Waals surface area (Å²) in [6.45, 7) is 13.7. The van der Waals surface area contributed by atoms with Gasteiger partial charge in [-0.25, -0.2) is 0 Å². The number of hydrogen-bond donors (Lipinski definition) is 1. The molecule has 4 heteroatoms. The summed E-state index contributed by atoms with van der Waals surface area (Å²) in [4.78, 5) is 5.30. The molecule has 0 bridgehead atoms. The number of thiophene rings is 1. The van der Waals surface area contributed by atoms with Gasteiger partial charge in [-0.15, -0.1) is 11.3 Å². The summed E-state index contributed by atoms with van der Waals surface area (Å²) >= 11 is 1.91. The van der Waals surface area contributed by atoms with Crippen molar-refractivity contribution in [3.05, 3.63) is 21.9 Å². The van der Waals surface area contributed by atoms with Crippen LogP contribution in [0.2, 0.25) is 0 Å². The molecule has 2 rings (SSSR count). The fourth-order valence-electron chi connectivity index (χ4n) is 2.85. The van der Waals surface area contributed by atoms with E-state index in [2.05, 4.69) is 51.7 Å². The van der Waals surface area contributed by atoms with Crippen LogP contribution in [0.5, 0.6) is 0 Å². The Kier molecular flexibility index (Phi) is 4.90. The van der Waals surface area contributed by atoms with E-state index in [1.54, 1.807) is 0 Å². The molecule has 1 saturated heterocycles. The molecule has 1 aromatic heterocycles. The molecule has 1 aromatic rings. The third-order valence-corrected chi connectivity index (χ3v) is 5.42. The Bertz CT molecular complexity index is 428. The highest BCUT2D eigenvalue weighted by molar-refractivity contribution is 7.12. The van der Waals surface area contributed by atoms with Gasteiger partial charge >= 0.3 is 0 Å². The Hall–Kier alpha value is -0.420. The van der Waals surface area contributed by atoms with Crippen molar-refractivity contribution in [2.75, 3.05) is 19.6 Å². The van der Waals surface area contributed by atoms with Crippen LogP contribution in [0, 0.1) is 0 Å². The van der Waals surface area contributed by atoms with Gasteiger partial charge in [-0.3, -0.25) is 4.90 Å². The van der Waals surface area contributed by atoms with Crippen LogP contribution in [0.1, 0.15) is 50.4 Å². The summed E-state index contributed by atoms with van der Waals surface area (Å²) in [6.07, 6.45) is 0.574. The Morgan fingerprint density at radius 2 is 1.90 bits per heavy atom. The zero-order valence-corrected chi connectivity index (χ0v) is 14.2. The smallest absolute Gasteiger partial charge is 0.0678 e. The Balaban J connectivity index is 2.17. The summed E-state index contributed by atoms with van der Waals surface area (Å²) in [5.41, 5.74) is 6.28. The van der Waals surface area contributed by atoms with Crippen molar-refractivity contribution in [1.82, 2.24) is 4.90 Å². The van der Waals surface area contributed by atoms with Gasteiger partial charge < -0.3 is 10.5 Å². The molecule has 1 aliphatic rings. The maximum atomic E-state index is 6.07. The molecule has 0 amide bonds. The summed E-state index contributed by atoms with van der Waals surface area (Å²) < 4.78 is 5.83. The van der Waals surface area contributed by atoms with Crippen LogP contribution in [0.25, 0.3) is 0 Å². The summed E-state index contributed by atoms with van der Waals surface area (Å²) in [5, 5.41) is 0. The fourth-order valence-corrected chi connectivity index (χ4v) is 4.07. The fraction of sp³-hybridized carbons (Fsp3) is 0.750. The molecule has 0 saturated carbocycles. The average molecular weight is 296 g/mol. The van der Waals surface area contributed by atoms with E-state index in [-0.39, 0.29) is 17.6 Å². The lowest BCUT2D eigenvalue weighted by molar-refractivity contribution is -0.0795. The van der Waals surface area contributed by atoms with Gasteiger partial charge in [-0.2, -0.15) is 0 Å². The highest BCUT2D eigenvalue weighted by atomic mass is 32.1. The molecule has 0 spiro atoms. The minimum Gasteiger partial charge on any atom is -0.373 e. The van der Waals surface area contributed by atoms with Crippen molar-refractivity contribution < 1.29 is 4.74 Å². The lowest BCUT2D eigenvalue weighted by atomic mass is 9.95. The second kappa shape index (κ2) is 6.14. The molecule has 2 heterocycles. The van der Waals surface area contributed by atoms with Crippen LogP contribution < -0.4 is 5.73 Å². The van der Waals surface area contributed by atoms with Crippen LogP contribution in [0.4, 0.5) is 0 Å². The molecule has 0 aliphatic carbocycles. The van der Waals surface area contributed by atoms with Gasteiger partial charge in [0.05, 0.1) is 18.2 Å². The predicted molar refractivity (Wildman–Crippen MR) is 86.4 cm³/mol. The first-order valence-corrected chi connectivity index (χ1v) is 8.32. The second-order valence-corrected chi connectivity index (χ2v) is 8.03. The molecular weight excluding hydrogens is 268 g/mol.